The Balaban J connectivity index is 1.85. The zero-order valence-corrected chi connectivity index (χ0v) is 10.9. The molecule has 0 unspecified atom stereocenters. The molecule has 1 amide bonds. The van der Waals surface area contributed by atoms with Crippen molar-refractivity contribution < 1.29 is 9.90 Å². The molecule has 2 aromatic rings. The Morgan fingerprint density at radius 3 is 2.74 bits per heavy atom. The Morgan fingerprint density at radius 1 is 1.32 bits per heavy atom. The summed E-state index contributed by atoms with van der Waals surface area (Å²) in [6, 6.07) is 3.63. The van der Waals surface area contributed by atoms with E-state index in [0.717, 1.165) is 16.7 Å². The monoisotopic (exact) mass is 280 g/mol. The average Bonchev–Trinajstić information content (AvgIpc) is 2.81. The summed E-state index contributed by atoms with van der Waals surface area (Å²) in [5.41, 5.74) is 2.74. The number of H-pyrrole nitrogens is 1. The lowest BCUT2D eigenvalue weighted by Crippen LogP contribution is -2.48. The fourth-order valence-corrected chi connectivity index (χ4v) is 2.49. The summed E-state index contributed by atoms with van der Waals surface area (Å²) in [6.45, 7) is 2.33. The number of aromatic amines is 1. The number of fused-ring (bicyclic) bond motifs is 1. The molecule has 0 aliphatic carbocycles. The van der Waals surface area contributed by atoms with E-state index in [4.69, 9.17) is 16.7 Å². The Labute approximate surface area is 114 Å². The number of piperazine rings is 1. The summed E-state index contributed by atoms with van der Waals surface area (Å²) in [4.78, 5) is 21.9. The summed E-state index contributed by atoms with van der Waals surface area (Å²) >= 11 is 5.92. The van der Waals surface area contributed by atoms with Gasteiger partial charge >= 0.3 is 6.09 Å². The van der Waals surface area contributed by atoms with Crippen LogP contribution in [0.4, 0.5) is 10.5 Å². The minimum absolute atomic E-state index is 0.456. The van der Waals surface area contributed by atoms with Gasteiger partial charge in [0.25, 0.3) is 0 Å². The second-order valence-electron chi connectivity index (χ2n) is 4.46. The first-order valence-electron chi connectivity index (χ1n) is 6.01. The molecule has 19 heavy (non-hydrogen) atoms. The quantitative estimate of drug-likeness (QED) is 0.784. The maximum atomic E-state index is 10.9. The average molecular weight is 281 g/mol. The van der Waals surface area contributed by atoms with E-state index in [1.165, 1.54) is 4.90 Å². The van der Waals surface area contributed by atoms with Crippen LogP contribution in [0, 0.1) is 0 Å². The molecule has 6 nitrogen and oxygen atoms in total. The van der Waals surface area contributed by atoms with Gasteiger partial charge in [0, 0.05) is 32.4 Å². The standard InChI is InChI=1S/C12H13ClN4O2/c13-10-2-1-8-11(15-10)9(7-14-8)16-3-5-17(6-4-16)12(18)19/h1-2,7,14H,3-6H2,(H,18,19). The molecule has 1 saturated heterocycles. The Morgan fingerprint density at radius 2 is 2.05 bits per heavy atom. The number of hydrogen-bond donors (Lipinski definition) is 2. The van der Waals surface area contributed by atoms with Gasteiger partial charge in [0.1, 0.15) is 10.7 Å². The van der Waals surface area contributed by atoms with Gasteiger partial charge < -0.3 is 19.9 Å². The van der Waals surface area contributed by atoms with Crippen LogP contribution in [0.3, 0.4) is 0 Å². The number of nitrogens with one attached hydrogen (secondary N) is 1. The molecule has 3 heterocycles. The van der Waals surface area contributed by atoms with Crippen LogP contribution in [-0.2, 0) is 0 Å². The zero-order chi connectivity index (χ0) is 13.4. The fourth-order valence-electron chi connectivity index (χ4n) is 2.34. The first kappa shape index (κ1) is 12.1. The lowest BCUT2D eigenvalue weighted by atomic mass is 10.2. The first-order chi connectivity index (χ1) is 9.15. The van der Waals surface area contributed by atoms with E-state index in [1.807, 2.05) is 12.3 Å². The first-order valence-corrected chi connectivity index (χ1v) is 6.39. The summed E-state index contributed by atoms with van der Waals surface area (Å²) < 4.78 is 0. The third-order valence-corrected chi connectivity index (χ3v) is 3.57. The summed E-state index contributed by atoms with van der Waals surface area (Å²) in [5.74, 6) is 0. The van der Waals surface area contributed by atoms with Crippen LogP contribution < -0.4 is 4.90 Å². The number of amides is 1. The highest BCUT2D eigenvalue weighted by molar-refractivity contribution is 6.29. The van der Waals surface area contributed by atoms with Crippen LogP contribution in [0.15, 0.2) is 18.3 Å². The molecular weight excluding hydrogens is 268 g/mol. The predicted molar refractivity (Wildman–Crippen MR) is 72.9 cm³/mol. The number of rotatable bonds is 1. The van der Waals surface area contributed by atoms with Crippen molar-refractivity contribution in [2.24, 2.45) is 0 Å². The van der Waals surface area contributed by atoms with Gasteiger partial charge in [-0.05, 0) is 12.1 Å². The molecule has 0 radical (unpaired) electrons. The molecule has 2 N–H and O–H groups in total. The van der Waals surface area contributed by atoms with Crippen molar-refractivity contribution in [2.75, 3.05) is 31.1 Å². The molecular formula is C12H13ClN4O2. The minimum atomic E-state index is -0.861. The largest absolute Gasteiger partial charge is 0.465 e. The van der Waals surface area contributed by atoms with Crippen LogP contribution in [0.2, 0.25) is 5.15 Å². The number of hydrogen-bond acceptors (Lipinski definition) is 3. The van der Waals surface area contributed by atoms with Crippen molar-refractivity contribution >= 4 is 34.4 Å². The SMILES string of the molecule is O=C(O)N1CCN(c2c[nH]c3ccc(Cl)nc23)CC1. The normalized spacial score (nSPS) is 16.1. The Hall–Kier alpha value is -1.95. The molecule has 3 rings (SSSR count). The van der Waals surface area contributed by atoms with Gasteiger partial charge in [-0.25, -0.2) is 9.78 Å². The van der Waals surface area contributed by atoms with Crippen LogP contribution in [0.1, 0.15) is 0 Å². The molecule has 0 aromatic carbocycles. The number of pyridine rings is 1. The predicted octanol–water partition coefficient (Wildman–Crippen LogP) is 2.02. The van der Waals surface area contributed by atoms with E-state index in [9.17, 15) is 4.79 Å². The molecule has 0 saturated carbocycles. The van der Waals surface area contributed by atoms with Gasteiger partial charge in [-0.15, -0.1) is 0 Å². The van der Waals surface area contributed by atoms with Crippen molar-refractivity contribution in [1.29, 1.82) is 0 Å². The smallest absolute Gasteiger partial charge is 0.407 e. The van der Waals surface area contributed by atoms with Gasteiger partial charge in [-0.2, -0.15) is 0 Å². The van der Waals surface area contributed by atoms with E-state index in [2.05, 4.69) is 14.9 Å². The van der Waals surface area contributed by atoms with Crippen LogP contribution in [-0.4, -0.2) is 52.2 Å². The summed E-state index contributed by atoms with van der Waals surface area (Å²) in [7, 11) is 0. The lowest BCUT2D eigenvalue weighted by molar-refractivity contribution is 0.142. The molecule has 1 fully saturated rings. The lowest BCUT2D eigenvalue weighted by Gasteiger charge is -2.33. The number of halogens is 1. The van der Waals surface area contributed by atoms with Crippen molar-refractivity contribution in [3.63, 3.8) is 0 Å². The van der Waals surface area contributed by atoms with Crippen LogP contribution >= 0.6 is 11.6 Å². The minimum Gasteiger partial charge on any atom is -0.465 e. The zero-order valence-electron chi connectivity index (χ0n) is 10.1. The Bertz CT molecular complexity index is 619. The molecule has 1 aliphatic rings. The fraction of sp³-hybridized carbons (Fsp3) is 0.333. The molecule has 7 heteroatoms. The van der Waals surface area contributed by atoms with E-state index >= 15 is 0 Å². The molecule has 2 aromatic heterocycles. The number of anilines is 1. The number of carbonyl (C=O) groups is 1. The Kier molecular flexibility index (Phi) is 2.94. The molecule has 1 aliphatic heterocycles. The topological polar surface area (TPSA) is 72.5 Å². The highest BCUT2D eigenvalue weighted by Crippen LogP contribution is 2.27. The van der Waals surface area contributed by atoms with Gasteiger partial charge in [0.2, 0.25) is 0 Å². The summed E-state index contributed by atoms with van der Waals surface area (Å²) in [5, 5.41) is 9.39. The van der Waals surface area contributed by atoms with Crippen molar-refractivity contribution in [1.82, 2.24) is 14.9 Å². The van der Waals surface area contributed by atoms with Crippen LogP contribution in [0.5, 0.6) is 0 Å². The van der Waals surface area contributed by atoms with Gasteiger partial charge in [-0.1, -0.05) is 11.6 Å². The van der Waals surface area contributed by atoms with E-state index in [0.29, 0.717) is 31.3 Å². The van der Waals surface area contributed by atoms with Gasteiger partial charge in [0.15, 0.2) is 0 Å². The second-order valence-corrected chi connectivity index (χ2v) is 4.85. The molecule has 100 valence electrons. The second kappa shape index (κ2) is 4.62. The maximum Gasteiger partial charge on any atom is 0.407 e. The third kappa shape index (κ3) is 2.19. The van der Waals surface area contributed by atoms with Gasteiger partial charge in [0.05, 0.1) is 11.2 Å². The van der Waals surface area contributed by atoms with Crippen molar-refractivity contribution in [2.45, 2.75) is 0 Å². The molecule has 0 spiro atoms. The van der Waals surface area contributed by atoms with Crippen molar-refractivity contribution in [3.8, 4) is 0 Å². The molecule has 0 atom stereocenters. The van der Waals surface area contributed by atoms with Gasteiger partial charge in [-0.3, -0.25) is 0 Å². The summed E-state index contributed by atoms with van der Waals surface area (Å²) in [6.07, 6.45) is 1.03. The third-order valence-electron chi connectivity index (χ3n) is 3.36. The van der Waals surface area contributed by atoms with Crippen molar-refractivity contribution in [3.05, 3.63) is 23.5 Å². The van der Waals surface area contributed by atoms with E-state index in [1.54, 1.807) is 6.07 Å². The van der Waals surface area contributed by atoms with E-state index < -0.39 is 6.09 Å². The number of aromatic nitrogens is 2. The molecule has 0 bridgehead atoms. The number of nitrogens with zero attached hydrogens (tertiary/aromatic N) is 3. The highest BCUT2D eigenvalue weighted by Gasteiger charge is 2.22. The number of carboxylic acid groups (broad SMARTS) is 1. The maximum absolute atomic E-state index is 10.9. The highest BCUT2D eigenvalue weighted by atomic mass is 35.5. The van der Waals surface area contributed by atoms with E-state index in [-0.39, 0.29) is 0 Å². The van der Waals surface area contributed by atoms with Crippen LogP contribution in [0.25, 0.3) is 11.0 Å².